The Hall–Kier alpha value is -1.05. The molecule has 2 heteroatoms. The van der Waals surface area contributed by atoms with E-state index in [1.54, 1.807) is 0 Å². The average molecular weight is 164 g/mol. The molecule has 1 aromatic heterocycles. The summed E-state index contributed by atoms with van der Waals surface area (Å²) in [6, 6.07) is 2.08. The molecule has 0 bridgehead atoms. The van der Waals surface area contributed by atoms with Crippen LogP contribution >= 0.6 is 0 Å². The Labute approximate surface area is 74.2 Å². The minimum absolute atomic E-state index is 1.03. The Morgan fingerprint density at radius 1 is 1.42 bits per heavy atom. The van der Waals surface area contributed by atoms with Crippen molar-refractivity contribution in [3.63, 3.8) is 0 Å². The van der Waals surface area contributed by atoms with E-state index < -0.39 is 0 Å². The van der Waals surface area contributed by atoms with Crippen molar-refractivity contribution in [3.8, 4) is 0 Å². The van der Waals surface area contributed by atoms with E-state index >= 15 is 0 Å². The predicted octanol–water partition coefficient (Wildman–Crippen LogP) is 2.10. The summed E-state index contributed by atoms with van der Waals surface area (Å²) in [4.78, 5) is 6.33. The molecule has 0 spiro atoms. The molecule has 0 aliphatic carbocycles. The second kappa shape index (κ2) is 4.10. The maximum absolute atomic E-state index is 4.12. The molecule has 66 valence electrons. The van der Waals surface area contributed by atoms with Gasteiger partial charge in [-0.2, -0.15) is 0 Å². The maximum atomic E-state index is 4.12. The highest BCUT2D eigenvalue weighted by atomic mass is 15.1. The van der Waals surface area contributed by atoms with Gasteiger partial charge in [-0.3, -0.25) is 4.98 Å². The topological polar surface area (TPSA) is 16.1 Å². The van der Waals surface area contributed by atoms with Gasteiger partial charge in [0.25, 0.3) is 0 Å². The van der Waals surface area contributed by atoms with Crippen molar-refractivity contribution >= 4 is 5.69 Å². The fraction of sp³-hybridized carbons (Fsp3) is 0.500. The van der Waals surface area contributed by atoms with E-state index in [2.05, 4.69) is 36.8 Å². The number of nitrogens with zero attached hydrogens (tertiary/aromatic N) is 2. The molecular weight excluding hydrogens is 148 g/mol. The Kier molecular flexibility index (Phi) is 3.09. The molecule has 0 aromatic carbocycles. The Morgan fingerprint density at radius 2 is 2.17 bits per heavy atom. The number of rotatable bonds is 3. The van der Waals surface area contributed by atoms with Crippen LogP contribution in [0.2, 0.25) is 0 Å². The van der Waals surface area contributed by atoms with Crippen molar-refractivity contribution in [2.45, 2.75) is 20.3 Å². The highest BCUT2D eigenvalue weighted by molar-refractivity contribution is 5.50. The van der Waals surface area contributed by atoms with Crippen LogP contribution in [0.15, 0.2) is 18.5 Å². The summed E-state index contributed by atoms with van der Waals surface area (Å²) in [5.74, 6) is 0. The first kappa shape index (κ1) is 9.04. The zero-order valence-electron chi connectivity index (χ0n) is 8.04. The Bertz CT molecular complexity index is 245. The van der Waals surface area contributed by atoms with Gasteiger partial charge >= 0.3 is 0 Å². The fourth-order valence-electron chi connectivity index (χ4n) is 1.23. The Morgan fingerprint density at radius 3 is 2.75 bits per heavy atom. The van der Waals surface area contributed by atoms with Gasteiger partial charge in [0.1, 0.15) is 0 Å². The van der Waals surface area contributed by atoms with Crippen LogP contribution in [0.5, 0.6) is 0 Å². The van der Waals surface area contributed by atoms with Crippen LogP contribution in [0.1, 0.15) is 19.4 Å². The fourth-order valence-corrected chi connectivity index (χ4v) is 1.23. The van der Waals surface area contributed by atoms with E-state index in [9.17, 15) is 0 Å². The van der Waals surface area contributed by atoms with Gasteiger partial charge < -0.3 is 4.90 Å². The lowest BCUT2D eigenvalue weighted by Crippen LogP contribution is -2.17. The lowest BCUT2D eigenvalue weighted by atomic mass is 10.1. The number of aromatic nitrogens is 1. The summed E-state index contributed by atoms with van der Waals surface area (Å²) < 4.78 is 0. The molecule has 2 nitrogen and oxygen atoms in total. The first-order valence-electron chi connectivity index (χ1n) is 4.43. The van der Waals surface area contributed by atoms with Crippen LogP contribution in [0.3, 0.4) is 0 Å². The first-order valence-corrected chi connectivity index (χ1v) is 4.43. The number of anilines is 1. The smallest absolute Gasteiger partial charge is 0.0582 e. The van der Waals surface area contributed by atoms with Crippen LogP contribution < -0.4 is 4.90 Å². The lowest BCUT2D eigenvalue weighted by Gasteiger charge is -2.19. The summed E-state index contributed by atoms with van der Waals surface area (Å²) in [5, 5.41) is 0. The van der Waals surface area contributed by atoms with Crippen molar-refractivity contribution in [2.75, 3.05) is 18.5 Å². The molecule has 0 radical (unpaired) electrons. The largest absolute Gasteiger partial charge is 0.373 e. The first-order chi connectivity index (χ1) is 5.79. The molecule has 0 fully saturated rings. The summed E-state index contributed by atoms with van der Waals surface area (Å²) in [6.45, 7) is 5.34. The molecule has 0 N–H and O–H groups in total. The van der Waals surface area contributed by atoms with Gasteiger partial charge in [0.15, 0.2) is 0 Å². The third-order valence-corrected chi connectivity index (χ3v) is 2.15. The molecule has 0 atom stereocenters. The van der Waals surface area contributed by atoms with E-state index in [0.29, 0.717) is 0 Å². The molecule has 0 saturated carbocycles. The third-order valence-electron chi connectivity index (χ3n) is 2.15. The van der Waals surface area contributed by atoms with Crippen LogP contribution in [0, 0.1) is 0 Å². The molecule has 0 aliphatic heterocycles. The summed E-state index contributed by atoms with van der Waals surface area (Å²) >= 11 is 0. The molecule has 1 aromatic rings. The molecule has 0 aliphatic rings. The van der Waals surface area contributed by atoms with E-state index in [0.717, 1.165) is 13.0 Å². The highest BCUT2D eigenvalue weighted by Crippen LogP contribution is 2.17. The predicted molar refractivity (Wildman–Crippen MR) is 52.6 cm³/mol. The molecular formula is C10H16N2. The van der Waals surface area contributed by atoms with Gasteiger partial charge in [0.05, 0.1) is 11.9 Å². The van der Waals surface area contributed by atoms with Crippen LogP contribution in [-0.4, -0.2) is 18.6 Å². The van der Waals surface area contributed by atoms with Crippen molar-refractivity contribution < 1.29 is 0 Å². The minimum atomic E-state index is 1.03. The maximum Gasteiger partial charge on any atom is 0.0582 e. The third kappa shape index (κ3) is 1.76. The molecule has 0 amide bonds. The SMILES string of the molecule is CCc1ccncc1N(C)CC. The molecule has 0 saturated heterocycles. The van der Waals surface area contributed by atoms with E-state index in [1.807, 2.05) is 12.4 Å². The van der Waals surface area contributed by atoms with Crippen molar-refractivity contribution in [2.24, 2.45) is 0 Å². The van der Waals surface area contributed by atoms with E-state index in [1.165, 1.54) is 11.3 Å². The van der Waals surface area contributed by atoms with Gasteiger partial charge in [0, 0.05) is 19.8 Å². The summed E-state index contributed by atoms with van der Waals surface area (Å²) in [5.41, 5.74) is 2.62. The summed E-state index contributed by atoms with van der Waals surface area (Å²) in [7, 11) is 2.09. The van der Waals surface area contributed by atoms with Crippen LogP contribution in [0.4, 0.5) is 5.69 Å². The normalized spacial score (nSPS) is 9.92. The quantitative estimate of drug-likeness (QED) is 0.680. The highest BCUT2D eigenvalue weighted by Gasteiger charge is 2.02. The number of pyridine rings is 1. The van der Waals surface area contributed by atoms with Crippen molar-refractivity contribution in [1.82, 2.24) is 4.98 Å². The van der Waals surface area contributed by atoms with Gasteiger partial charge in [-0.05, 0) is 25.0 Å². The number of hydrogen-bond donors (Lipinski definition) is 0. The average Bonchev–Trinajstić information content (AvgIpc) is 2.16. The molecule has 12 heavy (non-hydrogen) atoms. The molecule has 0 unspecified atom stereocenters. The van der Waals surface area contributed by atoms with Gasteiger partial charge in [-0.1, -0.05) is 6.92 Å². The van der Waals surface area contributed by atoms with Crippen molar-refractivity contribution in [3.05, 3.63) is 24.0 Å². The second-order valence-electron chi connectivity index (χ2n) is 2.87. The molecule has 1 rings (SSSR count). The van der Waals surface area contributed by atoms with E-state index in [4.69, 9.17) is 0 Å². The van der Waals surface area contributed by atoms with Gasteiger partial charge in [-0.25, -0.2) is 0 Å². The zero-order chi connectivity index (χ0) is 8.97. The van der Waals surface area contributed by atoms with Gasteiger partial charge in [-0.15, -0.1) is 0 Å². The Balaban J connectivity index is 2.96. The van der Waals surface area contributed by atoms with Crippen molar-refractivity contribution in [1.29, 1.82) is 0 Å². The number of hydrogen-bond acceptors (Lipinski definition) is 2. The summed E-state index contributed by atoms with van der Waals surface area (Å²) in [6.07, 6.45) is 4.86. The van der Waals surface area contributed by atoms with Crippen LogP contribution in [-0.2, 0) is 6.42 Å². The zero-order valence-corrected chi connectivity index (χ0v) is 8.04. The lowest BCUT2D eigenvalue weighted by molar-refractivity contribution is 0.940. The van der Waals surface area contributed by atoms with Gasteiger partial charge in [0.2, 0.25) is 0 Å². The molecule has 1 heterocycles. The van der Waals surface area contributed by atoms with Crippen LogP contribution in [0.25, 0.3) is 0 Å². The number of aryl methyl sites for hydroxylation is 1. The van der Waals surface area contributed by atoms with E-state index in [-0.39, 0.29) is 0 Å². The second-order valence-corrected chi connectivity index (χ2v) is 2.87. The monoisotopic (exact) mass is 164 g/mol. The minimum Gasteiger partial charge on any atom is -0.373 e. The standard InChI is InChI=1S/C10H16N2/c1-4-9-6-7-11-8-10(9)12(3)5-2/h6-8H,4-5H2,1-3H3.